The molecule has 2 rings (SSSR count). The van der Waals surface area contributed by atoms with Crippen LogP contribution in [0.5, 0.6) is 11.5 Å². The molecule has 0 atom stereocenters. The summed E-state index contributed by atoms with van der Waals surface area (Å²) in [6.45, 7) is 10.7. The van der Waals surface area contributed by atoms with Gasteiger partial charge < -0.3 is 20.1 Å². The van der Waals surface area contributed by atoms with Crippen molar-refractivity contribution in [3.63, 3.8) is 0 Å². The van der Waals surface area contributed by atoms with Crippen molar-refractivity contribution in [1.29, 1.82) is 0 Å². The normalized spacial score (nSPS) is 11.7. The lowest BCUT2D eigenvalue weighted by atomic mass is 10.0. The van der Waals surface area contributed by atoms with Crippen molar-refractivity contribution in [1.82, 2.24) is 4.90 Å². The van der Waals surface area contributed by atoms with Gasteiger partial charge in [-0.2, -0.15) is 0 Å². The molecule has 2 aromatic rings. The van der Waals surface area contributed by atoms with Crippen molar-refractivity contribution in [2.75, 3.05) is 13.1 Å². The first-order chi connectivity index (χ1) is 38.3. The predicted molar refractivity (Wildman–Crippen MR) is 342 cm³/mol. The fraction of sp³-hybridized carbons (Fsp3) is 0.833. The van der Waals surface area contributed by atoms with Gasteiger partial charge in [0.25, 0.3) is 0 Å². The van der Waals surface area contributed by atoms with Crippen LogP contribution in [0.1, 0.15) is 362 Å². The lowest BCUT2D eigenvalue weighted by molar-refractivity contribution is 0.148. The van der Waals surface area contributed by atoms with Crippen LogP contribution in [0.3, 0.4) is 0 Å². The number of carbonyl (C=O) groups is 2. The Kier molecular flexibility index (Phi) is 49.0. The number of nitrogens with zero attached hydrogens (tertiary/aromatic N) is 1. The van der Waals surface area contributed by atoms with E-state index in [2.05, 4.69) is 27.7 Å². The zero-order valence-electron chi connectivity index (χ0n) is 52.5. The van der Waals surface area contributed by atoms with E-state index in [0.717, 1.165) is 48.3 Å². The molecule has 0 radical (unpaired) electrons. The molecule has 0 aromatic heterocycles. The summed E-state index contributed by atoms with van der Waals surface area (Å²) in [5.41, 5.74) is 5.42. The fourth-order valence-electron chi connectivity index (χ4n) is 11.8. The van der Waals surface area contributed by atoms with Crippen LogP contribution in [0.25, 0.3) is 10.8 Å². The molecular formula is C72H130N2O4. The molecule has 0 aliphatic rings. The molecule has 6 nitrogen and oxygen atoms in total. The van der Waals surface area contributed by atoms with Crippen molar-refractivity contribution < 1.29 is 19.1 Å². The summed E-state index contributed by atoms with van der Waals surface area (Å²) in [4.78, 5) is 27.6. The average molecular weight is 1090 g/mol. The number of nitrogens with two attached hydrogens (primary N) is 1. The van der Waals surface area contributed by atoms with Crippen molar-refractivity contribution in [2.24, 2.45) is 17.6 Å². The molecule has 2 aromatic carbocycles. The highest BCUT2D eigenvalue weighted by atomic mass is 16.6. The highest BCUT2D eigenvalue weighted by Crippen LogP contribution is 2.36. The van der Waals surface area contributed by atoms with Crippen molar-refractivity contribution in [3.8, 4) is 11.5 Å². The van der Waals surface area contributed by atoms with Gasteiger partial charge in [-0.15, -0.1) is 0 Å². The fourth-order valence-corrected chi connectivity index (χ4v) is 11.8. The van der Waals surface area contributed by atoms with Gasteiger partial charge in [0, 0.05) is 18.5 Å². The van der Waals surface area contributed by atoms with E-state index in [1.165, 1.54) is 308 Å². The van der Waals surface area contributed by atoms with E-state index in [0.29, 0.717) is 13.1 Å². The summed E-state index contributed by atoms with van der Waals surface area (Å²) in [5, 5.41) is 1.63. The minimum Gasteiger partial charge on any atom is -0.406 e. The van der Waals surface area contributed by atoms with E-state index in [1.807, 2.05) is 35.2 Å². The molecule has 0 unspecified atom stereocenters. The summed E-state index contributed by atoms with van der Waals surface area (Å²) >= 11 is 0. The van der Waals surface area contributed by atoms with E-state index < -0.39 is 6.09 Å². The van der Waals surface area contributed by atoms with Crippen LogP contribution in [0, 0.1) is 11.8 Å². The molecule has 2 amide bonds. The Hall–Kier alpha value is -2.76. The highest BCUT2D eigenvalue weighted by Gasteiger charge is 2.21. The number of unbranched alkanes of at least 4 members (excludes halogenated alkanes) is 48. The van der Waals surface area contributed by atoms with E-state index in [9.17, 15) is 9.59 Å². The molecule has 0 saturated heterocycles. The molecule has 0 fully saturated rings. The summed E-state index contributed by atoms with van der Waals surface area (Å²) < 4.78 is 11.4. The lowest BCUT2D eigenvalue weighted by Gasteiger charge is -2.23. The summed E-state index contributed by atoms with van der Waals surface area (Å²) in [6.07, 6.45) is 70.5. The lowest BCUT2D eigenvalue weighted by Crippen LogP contribution is -2.35. The molecule has 0 saturated carbocycles. The number of benzene rings is 2. The van der Waals surface area contributed by atoms with Crippen LogP contribution >= 0.6 is 0 Å². The minimum atomic E-state index is -0.925. The molecule has 2 N–H and O–H groups in total. The van der Waals surface area contributed by atoms with Gasteiger partial charge in [0.2, 0.25) is 0 Å². The first-order valence-corrected chi connectivity index (χ1v) is 34.7. The Morgan fingerprint density at radius 3 is 0.872 bits per heavy atom. The quantitative estimate of drug-likeness (QED) is 0.0669. The Morgan fingerprint density at radius 2 is 0.603 bits per heavy atom. The Morgan fingerprint density at radius 1 is 0.346 bits per heavy atom. The van der Waals surface area contributed by atoms with Gasteiger partial charge in [-0.25, -0.2) is 9.59 Å². The minimum absolute atomic E-state index is 0.171. The van der Waals surface area contributed by atoms with Gasteiger partial charge in [-0.3, -0.25) is 0 Å². The maximum Gasteiger partial charge on any atom is 0.415 e. The Labute approximate surface area is 484 Å². The van der Waals surface area contributed by atoms with E-state index in [-0.39, 0.29) is 17.6 Å². The summed E-state index contributed by atoms with van der Waals surface area (Å²) in [5.74, 6) is 2.17. The summed E-state index contributed by atoms with van der Waals surface area (Å²) in [6, 6.07) is 11.2. The van der Waals surface area contributed by atoms with Gasteiger partial charge in [-0.1, -0.05) is 379 Å². The predicted octanol–water partition coefficient (Wildman–Crippen LogP) is 24.7. The van der Waals surface area contributed by atoms with Gasteiger partial charge >= 0.3 is 12.2 Å². The first kappa shape index (κ1) is 71.3. The van der Waals surface area contributed by atoms with Crippen LogP contribution in [-0.2, 0) is 0 Å². The van der Waals surface area contributed by atoms with Crippen LogP contribution < -0.4 is 15.2 Å². The molecular weight excluding hydrogens is 957 g/mol. The number of carbonyl (C=O) groups excluding carboxylic acids is 2. The van der Waals surface area contributed by atoms with Gasteiger partial charge in [-0.05, 0) is 36.1 Å². The zero-order valence-corrected chi connectivity index (χ0v) is 52.5. The number of ether oxygens (including phenoxy) is 2. The van der Waals surface area contributed by atoms with Crippen LogP contribution in [0.2, 0.25) is 0 Å². The molecule has 0 heterocycles. The van der Waals surface area contributed by atoms with E-state index in [4.69, 9.17) is 15.2 Å². The third kappa shape index (κ3) is 44.0. The summed E-state index contributed by atoms with van der Waals surface area (Å²) in [7, 11) is 0. The van der Waals surface area contributed by atoms with E-state index in [1.54, 1.807) is 6.07 Å². The number of amides is 2. The highest BCUT2D eigenvalue weighted by molar-refractivity contribution is 5.93. The monoisotopic (exact) mass is 1090 g/mol. The maximum atomic E-state index is 13.9. The van der Waals surface area contributed by atoms with Gasteiger partial charge in [0.05, 0.1) is 0 Å². The number of rotatable bonds is 58. The topological polar surface area (TPSA) is 81.9 Å². The molecule has 0 spiro atoms. The van der Waals surface area contributed by atoms with Gasteiger partial charge in [0.15, 0.2) is 11.5 Å². The zero-order chi connectivity index (χ0) is 56.0. The second-order valence-electron chi connectivity index (χ2n) is 25.4. The number of primary amides is 1. The van der Waals surface area contributed by atoms with Crippen molar-refractivity contribution in [2.45, 2.75) is 362 Å². The second-order valence-corrected chi connectivity index (χ2v) is 25.4. The van der Waals surface area contributed by atoms with Crippen LogP contribution in [-0.4, -0.2) is 30.2 Å². The Bertz CT molecular complexity index is 1560. The molecule has 0 aliphatic heterocycles. The van der Waals surface area contributed by atoms with Crippen molar-refractivity contribution in [3.05, 3.63) is 36.4 Å². The first-order valence-electron chi connectivity index (χ1n) is 34.7. The third-order valence-electron chi connectivity index (χ3n) is 16.9. The van der Waals surface area contributed by atoms with Crippen LogP contribution in [0.4, 0.5) is 9.59 Å². The largest absolute Gasteiger partial charge is 0.415 e. The number of hydrogen-bond acceptors (Lipinski definition) is 4. The Balaban J connectivity index is 1.50. The standard InChI is InChI=1S/C72H130N2O4/c1-65(2)57-51-47-43-39-35-31-27-23-19-15-11-7-5-9-13-17-21-25-29-33-37-41-45-49-55-63-74(72(76)78-70-68-60-54-53-59-67(68)61-62-69(70)77-71(73)75)64-56-50-46-42-38-34-30-26-22-18-14-10-6-8-12-16-20-24-28-32-36-40-44-48-52-58-66(3)4/h53-54,59-62,65-66H,5-52,55-58,63-64H2,1-4H3,(H2,73,75). The molecule has 6 heteroatoms. The second kappa shape index (κ2) is 53.5. The van der Waals surface area contributed by atoms with Gasteiger partial charge in [0.1, 0.15) is 0 Å². The number of fused-ring (bicyclic) bond motifs is 1. The number of hydrogen-bond donors (Lipinski definition) is 1. The molecule has 0 aliphatic carbocycles. The maximum absolute atomic E-state index is 13.9. The van der Waals surface area contributed by atoms with Crippen molar-refractivity contribution >= 4 is 23.0 Å². The molecule has 78 heavy (non-hydrogen) atoms. The SMILES string of the molecule is CC(C)CCCCCCCCCCCCCCCCCCCCCCCCCCCN(CCCCCCCCCCCCCCCCCCCCCCCCCCCC(C)C)C(=O)Oc1c(OC(N)=O)ccc2ccccc12. The average Bonchev–Trinajstić information content (AvgIpc) is 3.44. The van der Waals surface area contributed by atoms with E-state index >= 15 is 0 Å². The smallest absolute Gasteiger partial charge is 0.406 e. The third-order valence-corrected chi connectivity index (χ3v) is 16.9. The molecule has 0 bridgehead atoms. The van der Waals surface area contributed by atoms with Crippen LogP contribution in [0.15, 0.2) is 36.4 Å². The molecule has 452 valence electrons.